The summed E-state index contributed by atoms with van der Waals surface area (Å²) in [5.41, 5.74) is 1.67. The number of hydrogen-bond acceptors (Lipinski definition) is 5. The summed E-state index contributed by atoms with van der Waals surface area (Å²) in [6.45, 7) is 1.42. The van der Waals surface area contributed by atoms with Gasteiger partial charge >= 0.3 is 6.18 Å². The first-order valence-electron chi connectivity index (χ1n) is 14.3. The number of rotatable bonds is 13. The molecule has 0 fully saturated rings. The quantitative estimate of drug-likeness (QED) is 0.0671. The number of nitrogens with one attached hydrogen (secondary N) is 1. The molecule has 0 saturated carbocycles. The molecule has 4 aromatic carbocycles. The standard InChI is InChI=1S/C33H30ClF4NO2S.C2H7N/c1-42-31-19-26(18-30(35)28(31)22-40)41-17-9-16-39(20-25-14-8-15-29(32(25)34)33(36,37)38)21-27(23-10-4-2-5-11-23)24-12-6-3-7-13-24;1-3-2/h2-8,10-15,18-19,22,27H,9,16-17,20-21H2,1H3;3H,1-2H3. The maximum Gasteiger partial charge on any atom is 0.417 e. The van der Waals surface area contributed by atoms with E-state index in [0.717, 1.165) is 17.2 Å². The second kappa shape index (κ2) is 17.9. The average molecular weight is 661 g/mol. The van der Waals surface area contributed by atoms with E-state index in [9.17, 15) is 22.4 Å². The molecule has 45 heavy (non-hydrogen) atoms. The van der Waals surface area contributed by atoms with Gasteiger partial charge in [-0.25, -0.2) is 4.39 Å². The van der Waals surface area contributed by atoms with Crippen LogP contribution in [0.2, 0.25) is 5.02 Å². The molecule has 0 bridgehead atoms. The lowest BCUT2D eigenvalue weighted by atomic mass is 9.90. The Morgan fingerprint density at radius 2 is 1.56 bits per heavy atom. The summed E-state index contributed by atoms with van der Waals surface area (Å²) in [7, 11) is 3.75. The van der Waals surface area contributed by atoms with Crippen LogP contribution in [0.1, 0.15) is 45.0 Å². The maximum atomic E-state index is 14.4. The molecule has 10 heteroatoms. The van der Waals surface area contributed by atoms with Gasteiger partial charge in [0, 0.05) is 36.5 Å². The van der Waals surface area contributed by atoms with Gasteiger partial charge in [0.1, 0.15) is 11.6 Å². The van der Waals surface area contributed by atoms with Crippen LogP contribution in [0, 0.1) is 5.82 Å². The Hall–Kier alpha value is -3.37. The zero-order chi connectivity index (χ0) is 32.8. The third-order valence-corrected chi connectivity index (χ3v) is 8.14. The van der Waals surface area contributed by atoms with Crippen LogP contribution in [-0.4, -0.2) is 51.2 Å². The Kier molecular flexibility index (Phi) is 14.4. The number of nitrogens with zero attached hydrogens (tertiary/aromatic N) is 1. The molecule has 0 aliphatic rings. The molecular weight excluding hydrogens is 624 g/mol. The maximum absolute atomic E-state index is 14.4. The summed E-state index contributed by atoms with van der Waals surface area (Å²) < 4.78 is 61.0. The molecule has 0 radical (unpaired) electrons. The van der Waals surface area contributed by atoms with Gasteiger partial charge in [-0.15, -0.1) is 11.8 Å². The third-order valence-electron chi connectivity index (χ3n) is 6.91. The monoisotopic (exact) mass is 660 g/mol. The van der Waals surface area contributed by atoms with E-state index < -0.39 is 17.6 Å². The number of alkyl halides is 3. The van der Waals surface area contributed by atoms with Crippen molar-refractivity contribution in [1.29, 1.82) is 0 Å². The van der Waals surface area contributed by atoms with Gasteiger partial charge in [-0.3, -0.25) is 9.69 Å². The second-order valence-electron chi connectivity index (χ2n) is 10.2. The van der Waals surface area contributed by atoms with E-state index in [2.05, 4.69) is 10.2 Å². The second-order valence-corrected chi connectivity index (χ2v) is 11.5. The van der Waals surface area contributed by atoms with Crippen LogP contribution in [0.3, 0.4) is 0 Å². The molecular formula is C35H37ClF4N2O2S. The highest BCUT2D eigenvalue weighted by molar-refractivity contribution is 7.98. The number of thioether (sulfide) groups is 1. The van der Waals surface area contributed by atoms with Gasteiger partial charge in [-0.1, -0.05) is 84.4 Å². The third kappa shape index (κ3) is 10.6. The van der Waals surface area contributed by atoms with Crippen LogP contribution in [0.25, 0.3) is 0 Å². The predicted octanol–water partition coefficient (Wildman–Crippen LogP) is 8.97. The van der Waals surface area contributed by atoms with Gasteiger partial charge in [-0.2, -0.15) is 13.2 Å². The lowest BCUT2D eigenvalue weighted by Gasteiger charge is -2.29. The van der Waals surface area contributed by atoms with Crippen molar-refractivity contribution in [2.24, 2.45) is 0 Å². The lowest BCUT2D eigenvalue weighted by Crippen LogP contribution is -2.31. The van der Waals surface area contributed by atoms with Gasteiger partial charge in [-0.05, 0) is 55.6 Å². The van der Waals surface area contributed by atoms with Crippen LogP contribution in [0.5, 0.6) is 5.75 Å². The van der Waals surface area contributed by atoms with Crippen molar-refractivity contribution >= 4 is 29.6 Å². The van der Waals surface area contributed by atoms with E-state index >= 15 is 0 Å². The molecule has 240 valence electrons. The topological polar surface area (TPSA) is 41.6 Å². The Labute approximate surface area is 271 Å². The molecule has 0 heterocycles. The average Bonchev–Trinajstić information content (AvgIpc) is 3.03. The fraction of sp³-hybridized carbons (Fsp3) is 0.286. The van der Waals surface area contributed by atoms with E-state index in [1.807, 2.05) is 74.8 Å². The van der Waals surface area contributed by atoms with E-state index in [1.165, 1.54) is 23.9 Å². The number of halogens is 5. The summed E-state index contributed by atoms with van der Waals surface area (Å²) in [6.07, 6.45) is -1.82. The van der Waals surface area contributed by atoms with E-state index in [1.54, 1.807) is 18.4 Å². The minimum Gasteiger partial charge on any atom is -0.493 e. The van der Waals surface area contributed by atoms with E-state index in [0.29, 0.717) is 42.0 Å². The number of carbonyl (C=O) groups is 1. The Morgan fingerprint density at radius 1 is 0.956 bits per heavy atom. The SMILES string of the molecule is CNC.CSc1cc(OCCCN(Cc2cccc(C(F)(F)F)c2Cl)CC(c2ccccc2)c2ccccc2)cc(F)c1C=O. The molecule has 4 rings (SSSR count). The minimum absolute atomic E-state index is 0.00754. The Morgan fingerprint density at radius 3 is 2.09 bits per heavy atom. The van der Waals surface area contributed by atoms with Crippen molar-refractivity contribution in [2.45, 2.75) is 30.0 Å². The molecule has 1 N–H and O–H groups in total. The molecule has 0 aromatic heterocycles. The fourth-order valence-electron chi connectivity index (χ4n) is 4.84. The first kappa shape index (κ1) is 36.1. The van der Waals surface area contributed by atoms with Crippen molar-refractivity contribution in [3.05, 3.63) is 130 Å². The molecule has 0 saturated heterocycles. The van der Waals surface area contributed by atoms with Crippen molar-refractivity contribution in [3.8, 4) is 5.75 Å². The summed E-state index contributed by atoms with van der Waals surface area (Å²) in [6, 6.07) is 26.7. The number of carbonyl (C=O) groups excluding carboxylic acids is 1. The molecule has 0 aliphatic carbocycles. The predicted molar refractivity (Wildman–Crippen MR) is 175 cm³/mol. The molecule has 0 atom stereocenters. The van der Waals surface area contributed by atoms with Crippen LogP contribution in [0.15, 0.2) is 95.9 Å². The molecule has 4 aromatic rings. The highest BCUT2D eigenvalue weighted by Crippen LogP contribution is 2.37. The van der Waals surface area contributed by atoms with Gasteiger partial charge in [0.05, 0.1) is 22.8 Å². The molecule has 0 aliphatic heterocycles. The molecule has 4 nitrogen and oxygen atoms in total. The number of aldehydes is 1. The van der Waals surface area contributed by atoms with Crippen LogP contribution >= 0.6 is 23.4 Å². The number of benzene rings is 4. The number of hydrogen-bond donors (Lipinski definition) is 1. The van der Waals surface area contributed by atoms with Gasteiger partial charge < -0.3 is 10.1 Å². The molecule has 0 spiro atoms. The largest absolute Gasteiger partial charge is 0.493 e. The summed E-state index contributed by atoms with van der Waals surface area (Å²) in [5.74, 6) is -0.394. The van der Waals surface area contributed by atoms with Crippen molar-refractivity contribution in [2.75, 3.05) is 40.0 Å². The van der Waals surface area contributed by atoms with Gasteiger partial charge in [0.25, 0.3) is 0 Å². The van der Waals surface area contributed by atoms with Crippen LogP contribution < -0.4 is 10.1 Å². The Bertz CT molecular complexity index is 1450. The smallest absolute Gasteiger partial charge is 0.417 e. The molecule has 0 unspecified atom stereocenters. The van der Waals surface area contributed by atoms with Crippen LogP contribution in [0.4, 0.5) is 17.6 Å². The first-order chi connectivity index (χ1) is 21.6. The lowest BCUT2D eigenvalue weighted by molar-refractivity contribution is -0.137. The number of ether oxygens (including phenoxy) is 1. The van der Waals surface area contributed by atoms with Gasteiger partial charge in [0.2, 0.25) is 0 Å². The summed E-state index contributed by atoms with van der Waals surface area (Å²) in [4.78, 5) is 13.8. The summed E-state index contributed by atoms with van der Waals surface area (Å²) in [5, 5.41) is 2.44. The minimum atomic E-state index is -4.56. The zero-order valence-corrected chi connectivity index (χ0v) is 27.0. The van der Waals surface area contributed by atoms with Gasteiger partial charge in [0.15, 0.2) is 6.29 Å². The van der Waals surface area contributed by atoms with Crippen molar-refractivity contribution in [1.82, 2.24) is 10.2 Å². The first-order valence-corrected chi connectivity index (χ1v) is 15.9. The van der Waals surface area contributed by atoms with E-state index in [-0.39, 0.29) is 29.7 Å². The zero-order valence-electron chi connectivity index (χ0n) is 25.4. The van der Waals surface area contributed by atoms with Crippen molar-refractivity contribution in [3.63, 3.8) is 0 Å². The summed E-state index contributed by atoms with van der Waals surface area (Å²) >= 11 is 7.53. The normalized spacial score (nSPS) is 11.3. The van der Waals surface area contributed by atoms with Crippen molar-refractivity contribution < 1.29 is 27.1 Å². The van der Waals surface area contributed by atoms with E-state index in [4.69, 9.17) is 16.3 Å². The fourth-order valence-corrected chi connectivity index (χ4v) is 5.73. The Balaban J connectivity index is 0.00000177. The highest BCUT2D eigenvalue weighted by Gasteiger charge is 2.34. The molecule has 0 amide bonds. The highest BCUT2D eigenvalue weighted by atomic mass is 35.5. The van der Waals surface area contributed by atoms with Crippen LogP contribution in [-0.2, 0) is 12.7 Å².